The van der Waals surface area contributed by atoms with Gasteiger partial charge in [-0.2, -0.15) is 0 Å². The molecule has 0 aromatic heterocycles. The van der Waals surface area contributed by atoms with Crippen molar-refractivity contribution in [3.8, 4) is 0 Å². The fourth-order valence-electron chi connectivity index (χ4n) is 2.35. The lowest BCUT2D eigenvalue weighted by atomic mass is 9.74. The smallest absolute Gasteiger partial charge is 0.313 e. The standard InChI is InChI=1S/C13H25NO3/c1-3-16-9-11(2)17-12(15)13(10-14)7-5-4-6-8-13/h11H,3-10,14H2,1-2H3. The molecule has 1 atom stereocenters. The van der Waals surface area contributed by atoms with Crippen molar-refractivity contribution in [2.45, 2.75) is 52.1 Å². The largest absolute Gasteiger partial charge is 0.460 e. The molecular weight excluding hydrogens is 218 g/mol. The lowest BCUT2D eigenvalue weighted by Crippen LogP contribution is -2.43. The summed E-state index contributed by atoms with van der Waals surface area (Å²) >= 11 is 0. The van der Waals surface area contributed by atoms with Gasteiger partial charge in [0.05, 0.1) is 12.0 Å². The Morgan fingerprint density at radius 3 is 2.53 bits per heavy atom. The molecule has 0 amide bonds. The second-order valence-corrected chi connectivity index (χ2v) is 4.92. The summed E-state index contributed by atoms with van der Waals surface area (Å²) in [7, 11) is 0. The van der Waals surface area contributed by atoms with Crippen LogP contribution < -0.4 is 5.73 Å². The first-order valence-corrected chi connectivity index (χ1v) is 6.63. The van der Waals surface area contributed by atoms with Gasteiger partial charge in [-0.15, -0.1) is 0 Å². The molecule has 4 heteroatoms. The van der Waals surface area contributed by atoms with Crippen LogP contribution in [-0.2, 0) is 14.3 Å². The average Bonchev–Trinajstić information content (AvgIpc) is 2.37. The maximum atomic E-state index is 12.2. The summed E-state index contributed by atoms with van der Waals surface area (Å²) in [5.41, 5.74) is 5.35. The van der Waals surface area contributed by atoms with Crippen LogP contribution in [0, 0.1) is 5.41 Å². The fraction of sp³-hybridized carbons (Fsp3) is 0.923. The molecule has 100 valence electrons. The Hall–Kier alpha value is -0.610. The molecule has 0 radical (unpaired) electrons. The number of carbonyl (C=O) groups excluding carboxylic acids is 1. The molecule has 0 aliphatic heterocycles. The number of hydrogen-bond acceptors (Lipinski definition) is 4. The molecule has 2 N–H and O–H groups in total. The summed E-state index contributed by atoms with van der Waals surface area (Å²) in [6.07, 6.45) is 4.89. The molecule has 1 fully saturated rings. The minimum atomic E-state index is -0.432. The molecule has 0 heterocycles. The minimum Gasteiger partial charge on any atom is -0.460 e. The van der Waals surface area contributed by atoms with Crippen LogP contribution >= 0.6 is 0 Å². The third-order valence-corrected chi connectivity index (χ3v) is 3.50. The van der Waals surface area contributed by atoms with Crippen LogP contribution in [0.25, 0.3) is 0 Å². The van der Waals surface area contributed by atoms with E-state index in [1.165, 1.54) is 6.42 Å². The number of hydrogen-bond donors (Lipinski definition) is 1. The van der Waals surface area contributed by atoms with E-state index in [-0.39, 0.29) is 12.1 Å². The summed E-state index contributed by atoms with van der Waals surface area (Å²) in [6.45, 7) is 5.29. The van der Waals surface area contributed by atoms with Crippen molar-refractivity contribution in [1.82, 2.24) is 0 Å². The Morgan fingerprint density at radius 1 is 1.35 bits per heavy atom. The van der Waals surface area contributed by atoms with Gasteiger partial charge < -0.3 is 15.2 Å². The van der Waals surface area contributed by atoms with Gasteiger partial charge in [-0.3, -0.25) is 4.79 Å². The molecule has 17 heavy (non-hydrogen) atoms. The Morgan fingerprint density at radius 2 is 2.00 bits per heavy atom. The summed E-state index contributed by atoms with van der Waals surface area (Å²) in [4.78, 5) is 12.2. The van der Waals surface area contributed by atoms with Crippen molar-refractivity contribution in [3.63, 3.8) is 0 Å². The first kappa shape index (κ1) is 14.5. The number of esters is 1. The number of rotatable bonds is 6. The zero-order valence-corrected chi connectivity index (χ0v) is 11.0. The highest BCUT2D eigenvalue weighted by Crippen LogP contribution is 2.36. The molecule has 0 saturated heterocycles. The lowest BCUT2D eigenvalue weighted by Gasteiger charge is -2.34. The van der Waals surface area contributed by atoms with Crippen LogP contribution in [0.2, 0.25) is 0 Å². The lowest BCUT2D eigenvalue weighted by molar-refractivity contribution is -0.165. The topological polar surface area (TPSA) is 61.5 Å². The molecule has 0 spiro atoms. The quantitative estimate of drug-likeness (QED) is 0.723. The third kappa shape index (κ3) is 3.96. The van der Waals surface area contributed by atoms with Crippen LogP contribution in [-0.4, -0.2) is 31.8 Å². The molecule has 1 saturated carbocycles. The molecule has 1 aliphatic carbocycles. The molecule has 0 bridgehead atoms. The van der Waals surface area contributed by atoms with Crippen LogP contribution in [0.3, 0.4) is 0 Å². The Bertz CT molecular complexity index is 237. The van der Waals surface area contributed by atoms with E-state index < -0.39 is 5.41 Å². The van der Waals surface area contributed by atoms with E-state index in [1.807, 2.05) is 13.8 Å². The summed E-state index contributed by atoms with van der Waals surface area (Å²) in [5, 5.41) is 0. The first-order chi connectivity index (χ1) is 8.14. The van der Waals surface area contributed by atoms with Crippen LogP contribution in [0.1, 0.15) is 46.0 Å². The van der Waals surface area contributed by atoms with Crippen LogP contribution in [0.5, 0.6) is 0 Å². The molecular formula is C13H25NO3. The average molecular weight is 243 g/mol. The van der Waals surface area contributed by atoms with E-state index in [0.29, 0.717) is 19.8 Å². The van der Waals surface area contributed by atoms with E-state index in [9.17, 15) is 4.79 Å². The van der Waals surface area contributed by atoms with Crippen molar-refractivity contribution in [1.29, 1.82) is 0 Å². The number of nitrogens with two attached hydrogens (primary N) is 1. The SMILES string of the molecule is CCOCC(C)OC(=O)C1(CN)CCCCC1. The molecule has 0 aromatic rings. The van der Waals surface area contributed by atoms with E-state index in [4.69, 9.17) is 15.2 Å². The number of ether oxygens (including phenoxy) is 2. The van der Waals surface area contributed by atoms with Gasteiger partial charge in [-0.05, 0) is 26.7 Å². The van der Waals surface area contributed by atoms with Gasteiger partial charge in [0.25, 0.3) is 0 Å². The normalized spacial score (nSPS) is 20.9. The Labute approximate surface area is 104 Å². The summed E-state index contributed by atoms with van der Waals surface area (Å²) < 4.78 is 10.7. The predicted molar refractivity (Wildman–Crippen MR) is 66.6 cm³/mol. The van der Waals surface area contributed by atoms with E-state index in [0.717, 1.165) is 25.7 Å². The molecule has 1 aliphatic rings. The Kier molecular flexibility index (Phi) is 5.92. The zero-order valence-electron chi connectivity index (χ0n) is 11.0. The van der Waals surface area contributed by atoms with Crippen molar-refractivity contribution >= 4 is 5.97 Å². The zero-order chi connectivity index (χ0) is 12.7. The maximum Gasteiger partial charge on any atom is 0.313 e. The number of carbonyl (C=O) groups is 1. The summed E-state index contributed by atoms with van der Waals surface area (Å²) in [6, 6.07) is 0. The van der Waals surface area contributed by atoms with Crippen molar-refractivity contribution in [2.75, 3.05) is 19.8 Å². The summed E-state index contributed by atoms with van der Waals surface area (Å²) in [5.74, 6) is -0.132. The minimum absolute atomic E-state index is 0.132. The maximum absolute atomic E-state index is 12.2. The highest BCUT2D eigenvalue weighted by Gasteiger charge is 2.40. The van der Waals surface area contributed by atoms with E-state index >= 15 is 0 Å². The van der Waals surface area contributed by atoms with Crippen molar-refractivity contribution in [2.24, 2.45) is 11.1 Å². The highest BCUT2D eigenvalue weighted by molar-refractivity contribution is 5.77. The van der Waals surface area contributed by atoms with Gasteiger partial charge in [-0.1, -0.05) is 19.3 Å². The van der Waals surface area contributed by atoms with Gasteiger partial charge in [-0.25, -0.2) is 0 Å². The van der Waals surface area contributed by atoms with Gasteiger partial charge >= 0.3 is 5.97 Å². The third-order valence-electron chi connectivity index (χ3n) is 3.50. The van der Waals surface area contributed by atoms with Crippen LogP contribution in [0.15, 0.2) is 0 Å². The van der Waals surface area contributed by atoms with E-state index in [1.54, 1.807) is 0 Å². The fourth-order valence-corrected chi connectivity index (χ4v) is 2.35. The van der Waals surface area contributed by atoms with Gasteiger partial charge in [0.1, 0.15) is 6.10 Å². The van der Waals surface area contributed by atoms with Gasteiger partial charge in [0.2, 0.25) is 0 Å². The predicted octanol–water partition coefficient (Wildman–Crippen LogP) is 1.86. The molecule has 1 unspecified atom stereocenters. The Balaban J connectivity index is 2.48. The van der Waals surface area contributed by atoms with Crippen molar-refractivity contribution < 1.29 is 14.3 Å². The second-order valence-electron chi connectivity index (χ2n) is 4.92. The van der Waals surface area contributed by atoms with Gasteiger partial charge in [0, 0.05) is 13.2 Å². The van der Waals surface area contributed by atoms with Gasteiger partial charge in [0.15, 0.2) is 0 Å². The molecule has 0 aromatic carbocycles. The van der Waals surface area contributed by atoms with Crippen molar-refractivity contribution in [3.05, 3.63) is 0 Å². The first-order valence-electron chi connectivity index (χ1n) is 6.63. The monoisotopic (exact) mass is 243 g/mol. The van der Waals surface area contributed by atoms with E-state index in [2.05, 4.69) is 0 Å². The molecule has 4 nitrogen and oxygen atoms in total. The molecule has 1 rings (SSSR count). The highest BCUT2D eigenvalue weighted by atomic mass is 16.6. The second kappa shape index (κ2) is 6.97. The van der Waals surface area contributed by atoms with Crippen LogP contribution in [0.4, 0.5) is 0 Å².